The first-order valence-electron chi connectivity index (χ1n) is 7.50. The van der Waals surface area contributed by atoms with Crippen molar-refractivity contribution in [2.75, 3.05) is 0 Å². The van der Waals surface area contributed by atoms with Gasteiger partial charge in [0.25, 0.3) is 11.5 Å². The third-order valence-corrected chi connectivity index (χ3v) is 3.72. The number of hydrogen-bond donors (Lipinski definition) is 2. The Morgan fingerprint density at radius 2 is 1.96 bits per heavy atom. The molecular formula is C17H17N5O2. The maximum Gasteiger partial charge on any atom is 0.261 e. The molecule has 3 rings (SSSR count). The van der Waals surface area contributed by atoms with Crippen molar-refractivity contribution in [3.8, 4) is 11.3 Å². The van der Waals surface area contributed by atoms with Crippen LogP contribution in [0.4, 0.5) is 0 Å². The van der Waals surface area contributed by atoms with Gasteiger partial charge in [-0.3, -0.25) is 9.59 Å². The number of rotatable bonds is 4. The molecule has 1 amide bonds. The number of aromatic nitrogens is 4. The normalized spacial score (nSPS) is 11.9. The van der Waals surface area contributed by atoms with E-state index < -0.39 is 11.5 Å². The first-order chi connectivity index (χ1) is 11.6. The summed E-state index contributed by atoms with van der Waals surface area (Å²) >= 11 is 0. The predicted octanol–water partition coefficient (Wildman–Crippen LogP) is 1.66. The zero-order valence-corrected chi connectivity index (χ0v) is 13.4. The Kier molecular flexibility index (Phi) is 4.24. The van der Waals surface area contributed by atoms with Gasteiger partial charge in [-0.15, -0.1) is 10.2 Å². The van der Waals surface area contributed by atoms with Crippen LogP contribution in [-0.2, 0) is 7.05 Å². The fourth-order valence-electron chi connectivity index (χ4n) is 2.46. The topological polar surface area (TPSA) is 92.7 Å². The summed E-state index contributed by atoms with van der Waals surface area (Å²) in [5.74, 6) is 0.159. The summed E-state index contributed by atoms with van der Waals surface area (Å²) in [6.07, 6.45) is 1.56. The van der Waals surface area contributed by atoms with Crippen molar-refractivity contribution in [1.82, 2.24) is 25.1 Å². The maximum atomic E-state index is 12.3. The number of amides is 1. The molecular weight excluding hydrogens is 306 g/mol. The van der Waals surface area contributed by atoms with Crippen molar-refractivity contribution in [1.29, 1.82) is 0 Å². The number of nitrogens with one attached hydrogen (secondary N) is 2. The number of pyridine rings is 1. The highest BCUT2D eigenvalue weighted by Gasteiger charge is 2.17. The van der Waals surface area contributed by atoms with Gasteiger partial charge in [0.2, 0.25) is 0 Å². The van der Waals surface area contributed by atoms with Crippen LogP contribution in [-0.4, -0.2) is 25.7 Å². The fraction of sp³-hybridized carbons (Fsp3) is 0.176. The fourth-order valence-corrected chi connectivity index (χ4v) is 2.46. The van der Waals surface area contributed by atoms with Crippen molar-refractivity contribution in [3.63, 3.8) is 0 Å². The average molecular weight is 323 g/mol. The van der Waals surface area contributed by atoms with Crippen molar-refractivity contribution in [2.45, 2.75) is 13.0 Å². The minimum Gasteiger partial charge on any atom is -0.342 e. The van der Waals surface area contributed by atoms with Crippen molar-refractivity contribution in [3.05, 3.63) is 70.5 Å². The van der Waals surface area contributed by atoms with Gasteiger partial charge < -0.3 is 14.9 Å². The van der Waals surface area contributed by atoms with Gasteiger partial charge in [0.05, 0.1) is 6.04 Å². The Morgan fingerprint density at radius 3 is 2.58 bits per heavy atom. The third kappa shape index (κ3) is 3.10. The highest BCUT2D eigenvalue weighted by molar-refractivity contribution is 5.94. The third-order valence-electron chi connectivity index (χ3n) is 3.72. The highest BCUT2D eigenvalue weighted by Crippen LogP contribution is 2.15. The molecule has 2 N–H and O–H groups in total. The van der Waals surface area contributed by atoms with Crippen LogP contribution in [0.5, 0.6) is 0 Å². The molecule has 2 aromatic heterocycles. The van der Waals surface area contributed by atoms with Gasteiger partial charge in [-0.2, -0.15) is 0 Å². The summed E-state index contributed by atoms with van der Waals surface area (Å²) in [4.78, 5) is 27.3. The van der Waals surface area contributed by atoms with Crippen LogP contribution < -0.4 is 10.9 Å². The Labute approximate surface area is 138 Å². The molecule has 3 aromatic rings. The van der Waals surface area contributed by atoms with Crippen molar-refractivity contribution >= 4 is 5.91 Å². The second kappa shape index (κ2) is 6.49. The van der Waals surface area contributed by atoms with E-state index in [-0.39, 0.29) is 11.6 Å². The molecule has 0 fully saturated rings. The van der Waals surface area contributed by atoms with Crippen LogP contribution in [0.3, 0.4) is 0 Å². The van der Waals surface area contributed by atoms with E-state index in [9.17, 15) is 9.59 Å². The molecule has 2 heterocycles. The summed E-state index contributed by atoms with van der Waals surface area (Å²) in [5.41, 5.74) is 1.18. The molecule has 0 aliphatic heterocycles. The van der Waals surface area contributed by atoms with Crippen molar-refractivity contribution < 1.29 is 4.79 Å². The molecule has 0 radical (unpaired) electrons. The molecule has 7 nitrogen and oxygen atoms in total. The van der Waals surface area contributed by atoms with E-state index in [1.807, 2.05) is 30.3 Å². The summed E-state index contributed by atoms with van der Waals surface area (Å²) in [5, 5.41) is 10.5. The number of H-pyrrole nitrogens is 1. The maximum absolute atomic E-state index is 12.3. The number of aryl methyl sites for hydroxylation is 1. The number of benzene rings is 1. The van der Waals surface area contributed by atoms with E-state index in [1.165, 1.54) is 6.07 Å². The lowest BCUT2D eigenvalue weighted by molar-refractivity contribution is 0.0936. The van der Waals surface area contributed by atoms with E-state index in [1.54, 1.807) is 30.9 Å². The Hall–Kier alpha value is -3.22. The lowest BCUT2D eigenvalue weighted by Crippen LogP contribution is -2.32. The predicted molar refractivity (Wildman–Crippen MR) is 89.4 cm³/mol. The van der Waals surface area contributed by atoms with Crippen LogP contribution in [0, 0.1) is 0 Å². The van der Waals surface area contributed by atoms with Crippen molar-refractivity contribution in [2.24, 2.45) is 7.05 Å². The number of aromatic amines is 1. The molecule has 1 atom stereocenters. The van der Waals surface area contributed by atoms with E-state index in [4.69, 9.17) is 0 Å². The molecule has 0 bridgehead atoms. The first-order valence-corrected chi connectivity index (χ1v) is 7.50. The van der Waals surface area contributed by atoms with Gasteiger partial charge in [-0.25, -0.2) is 0 Å². The van der Waals surface area contributed by atoms with Crippen LogP contribution in [0.2, 0.25) is 0 Å². The molecule has 122 valence electrons. The van der Waals surface area contributed by atoms with Crippen LogP contribution >= 0.6 is 0 Å². The number of carbonyl (C=O) groups is 1. The molecule has 0 saturated heterocycles. The van der Waals surface area contributed by atoms with E-state index in [0.29, 0.717) is 11.5 Å². The second-order valence-electron chi connectivity index (χ2n) is 5.48. The second-order valence-corrected chi connectivity index (χ2v) is 5.48. The summed E-state index contributed by atoms with van der Waals surface area (Å²) in [6.45, 7) is 1.79. The van der Waals surface area contributed by atoms with Gasteiger partial charge in [0.1, 0.15) is 11.9 Å². The monoisotopic (exact) mass is 323 g/mol. The number of hydrogen-bond acceptors (Lipinski definition) is 4. The zero-order valence-electron chi connectivity index (χ0n) is 13.4. The minimum absolute atomic E-state index is 0.0590. The number of carbonyl (C=O) groups excluding carboxylic acids is 1. The molecule has 7 heteroatoms. The first kappa shape index (κ1) is 15.7. The lowest BCUT2D eigenvalue weighted by atomic mass is 10.1. The summed E-state index contributed by atoms with van der Waals surface area (Å²) in [6, 6.07) is 12.3. The Bertz CT molecular complexity index is 914. The largest absolute Gasteiger partial charge is 0.342 e. The minimum atomic E-state index is -0.452. The smallest absolute Gasteiger partial charge is 0.261 e. The lowest BCUT2D eigenvalue weighted by Gasteiger charge is -2.12. The quantitative estimate of drug-likeness (QED) is 0.764. The Balaban J connectivity index is 1.81. The molecule has 0 aliphatic carbocycles. The van der Waals surface area contributed by atoms with Crippen LogP contribution in [0.25, 0.3) is 11.3 Å². The average Bonchev–Trinajstić information content (AvgIpc) is 3.01. The van der Waals surface area contributed by atoms with E-state index in [0.717, 1.165) is 5.56 Å². The highest BCUT2D eigenvalue weighted by atomic mass is 16.2. The van der Waals surface area contributed by atoms with Crippen LogP contribution in [0.1, 0.15) is 29.1 Å². The van der Waals surface area contributed by atoms with Gasteiger partial charge in [0.15, 0.2) is 5.82 Å². The van der Waals surface area contributed by atoms with E-state index in [2.05, 4.69) is 20.5 Å². The molecule has 24 heavy (non-hydrogen) atoms. The van der Waals surface area contributed by atoms with E-state index >= 15 is 0 Å². The van der Waals surface area contributed by atoms with Gasteiger partial charge >= 0.3 is 0 Å². The molecule has 0 aliphatic rings. The van der Waals surface area contributed by atoms with Gasteiger partial charge in [-0.1, -0.05) is 30.3 Å². The van der Waals surface area contributed by atoms with Gasteiger partial charge in [0, 0.05) is 12.7 Å². The SMILES string of the molecule is CC(NC(=O)c1ccc(-c2ccccc2)[nH]c1=O)c1nncn1C. The molecule has 0 spiro atoms. The summed E-state index contributed by atoms with van der Waals surface area (Å²) in [7, 11) is 1.79. The zero-order chi connectivity index (χ0) is 17.1. The Morgan fingerprint density at radius 1 is 1.21 bits per heavy atom. The molecule has 1 unspecified atom stereocenters. The summed E-state index contributed by atoms with van der Waals surface area (Å²) < 4.78 is 1.72. The van der Waals surface area contributed by atoms with Gasteiger partial charge in [-0.05, 0) is 24.6 Å². The van der Waals surface area contributed by atoms with Crippen LogP contribution in [0.15, 0.2) is 53.6 Å². The molecule has 1 aromatic carbocycles. The standard InChI is InChI=1S/C17H17N5O2/c1-11(15-21-18-10-22(15)2)19-16(23)13-8-9-14(20-17(13)24)12-6-4-3-5-7-12/h3-11H,1-2H3,(H,19,23)(H,20,24). The molecule has 0 saturated carbocycles. The number of nitrogens with zero attached hydrogens (tertiary/aromatic N) is 3.